The molecule has 2 N–H and O–H groups in total. The van der Waals surface area contributed by atoms with Crippen LogP contribution in [0.1, 0.15) is 22.8 Å². The van der Waals surface area contributed by atoms with E-state index < -0.39 is 5.91 Å². The summed E-state index contributed by atoms with van der Waals surface area (Å²) in [6.45, 7) is 2.48. The van der Waals surface area contributed by atoms with Crippen LogP contribution in [0, 0.1) is 0 Å². The summed E-state index contributed by atoms with van der Waals surface area (Å²) < 4.78 is 10.6. The molecule has 0 radical (unpaired) electrons. The number of anilines is 1. The van der Waals surface area contributed by atoms with Gasteiger partial charge in [0.2, 0.25) is 0 Å². The van der Waals surface area contributed by atoms with Crippen LogP contribution in [-0.4, -0.2) is 25.5 Å². The molecule has 0 atom stereocenters. The third-order valence-corrected chi connectivity index (χ3v) is 4.38. The minimum absolute atomic E-state index is 0.119. The zero-order valence-corrected chi connectivity index (χ0v) is 17.4. The number of hydrogen-bond acceptors (Lipinski definition) is 4. The molecule has 158 valence electrons. The first-order chi connectivity index (χ1) is 15.1. The lowest BCUT2D eigenvalue weighted by atomic mass is 10.1. The molecule has 0 unspecified atom stereocenters. The molecule has 0 saturated carbocycles. The number of nitrogens with one attached hydrogen (secondary N) is 2. The van der Waals surface area contributed by atoms with Crippen LogP contribution in [0.3, 0.4) is 0 Å². The SMILES string of the molecule is CCOc1ccc(C=C(NC(=O)c2ccccc2)C(=O)Nc2ccc(OC)cc2)cc1. The second kappa shape index (κ2) is 10.6. The molecular formula is C25H24N2O4. The highest BCUT2D eigenvalue weighted by Crippen LogP contribution is 2.17. The molecule has 3 rings (SSSR count). The zero-order chi connectivity index (χ0) is 22.1. The van der Waals surface area contributed by atoms with Crippen molar-refractivity contribution in [1.82, 2.24) is 5.32 Å². The van der Waals surface area contributed by atoms with E-state index in [0.29, 0.717) is 23.6 Å². The molecular weight excluding hydrogens is 392 g/mol. The topological polar surface area (TPSA) is 76.7 Å². The van der Waals surface area contributed by atoms with E-state index in [1.807, 2.05) is 37.3 Å². The number of methoxy groups -OCH3 is 1. The van der Waals surface area contributed by atoms with Crippen LogP contribution in [-0.2, 0) is 4.79 Å². The number of benzene rings is 3. The Labute approximate surface area is 181 Å². The van der Waals surface area contributed by atoms with E-state index in [1.54, 1.807) is 61.7 Å². The normalized spacial score (nSPS) is 10.8. The van der Waals surface area contributed by atoms with E-state index in [2.05, 4.69) is 10.6 Å². The van der Waals surface area contributed by atoms with Gasteiger partial charge in [0.25, 0.3) is 11.8 Å². The summed E-state index contributed by atoms with van der Waals surface area (Å²) in [6, 6.07) is 22.9. The van der Waals surface area contributed by atoms with Crippen LogP contribution in [0.4, 0.5) is 5.69 Å². The van der Waals surface area contributed by atoms with Gasteiger partial charge in [-0.05, 0) is 67.1 Å². The van der Waals surface area contributed by atoms with Crippen LogP contribution in [0.25, 0.3) is 6.08 Å². The average Bonchev–Trinajstić information content (AvgIpc) is 2.81. The number of carbonyl (C=O) groups excluding carboxylic acids is 2. The number of ether oxygens (including phenoxy) is 2. The Morgan fingerprint density at radius 3 is 2.13 bits per heavy atom. The van der Waals surface area contributed by atoms with Crippen molar-refractivity contribution in [2.24, 2.45) is 0 Å². The van der Waals surface area contributed by atoms with Gasteiger partial charge < -0.3 is 20.1 Å². The second-order valence-corrected chi connectivity index (χ2v) is 6.56. The minimum Gasteiger partial charge on any atom is -0.497 e. The highest BCUT2D eigenvalue weighted by atomic mass is 16.5. The maximum Gasteiger partial charge on any atom is 0.272 e. The van der Waals surface area contributed by atoms with Gasteiger partial charge in [0.15, 0.2) is 0 Å². The highest BCUT2D eigenvalue weighted by molar-refractivity contribution is 6.10. The molecule has 0 bridgehead atoms. The van der Waals surface area contributed by atoms with Gasteiger partial charge >= 0.3 is 0 Å². The number of hydrogen-bond donors (Lipinski definition) is 2. The van der Waals surface area contributed by atoms with Crippen molar-refractivity contribution in [3.8, 4) is 11.5 Å². The average molecular weight is 416 g/mol. The van der Waals surface area contributed by atoms with Gasteiger partial charge in [0.05, 0.1) is 13.7 Å². The zero-order valence-electron chi connectivity index (χ0n) is 17.4. The van der Waals surface area contributed by atoms with Crippen LogP contribution < -0.4 is 20.1 Å². The van der Waals surface area contributed by atoms with Gasteiger partial charge in [-0.15, -0.1) is 0 Å². The summed E-state index contributed by atoms with van der Waals surface area (Å²) in [6.07, 6.45) is 1.62. The summed E-state index contributed by atoms with van der Waals surface area (Å²) >= 11 is 0. The predicted octanol–water partition coefficient (Wildman–Crippen LogP) is 4.50. The van der Waals surface area contributed by atoms with Crippen molar-refractivity contribution >= 4 is 23.6 Å². The van der Waals surface area contributed by atoms with E-state index in [9.17, 15) is 9.59 Å². The molecule has 0 aliphatic rings. The molecule has 3 aromatic carbocycles. The molecule has 0 aliphatic heterocycles. The number of carbonyl (C=O) groups is 2. The molecule has 2 amide bonds. The third-order valence-electron chi connectivity index (χ3n) is 4.38. The first kappa shape index (κ1) is 21.6. The second-order valence-electron chi connectivity index (χ2n) is 6.56. The lowest BCUT2D eigenvalue weighted by Gasteiger charge is -2.12. The molecule has 0 aliphatic carbocycles. The fourth-order valence-corrected chi connectivity index (χ4v) is 2.81. The fraction of sp³-hybridized carbons (Fsp3) is 0.120. The Bertz CT molecular complexity index is 1040. The van der Waals surface area contributed by atoms with E-state index in [4.69, 9.17) is 9.47 Å². The summed E-state index contributed by atoms with van der Waals surface area (Å²) in [5, 5.41) is 5.52. The Balaban J connectivity index is 1.84. The summed E-state index contributed by atoms with van der Waals surface area (Å²) in [5.41, 5.74) is 1.90. The van der Waals surface area contributed by atoms with Gasteiger partial charge in [0.1, 0.15) is 17.2 Å². The van der Waals surface area contributed by atoms with Crippen LogP contribution in [0.15, 0.2) is 84.6 Å². The van der Waals surface area contributed by atoms with Crippen molar-refractivity contribution in [2.45, 2.75) is 6.92 Å². The molecule has 0 heterocycles. The standard InChI is InChI=1S/C25H24N2O4/c1-3-31-22-13-9-18(10-14-22)17-23(27-24(28)19-7-5-4-6-8-19)25(29)26-20-11-15-21(30-2)16-12-20/h4-17H,3H2,1-2H3,(H,26,29)(H,27,28). The van der Waals surface area contributed by atoms with Crippen molar-refractivity contribution in [1.29, 1.82) is 0 Å². The summed E-state index contributed by atoms with van der Waals surface area (Å²) in [5.74, 6) is 0.601. The molecule has 0 spiro atoms. The maximum atomic E-state index is 13.0. The molecule has 6 heteroatoms. The Morgan fingerprint density at radius 1 is 0.871 bits per heavy atom. The highest BCUT2D eigenvalue weighted by Gasteiger charge is 2.15. The Kier molecular flexibility index (Phi) is 7.43. The molecule has 6 nitrogen and oxygen atoms in total. The predicted molar refractivity (Wildman–Crippen MR) is 121 cm³/mol. The smallest absolute Gasteiger partial charge is 0.272 e. The first-order valence-electron chi connectivity index (χ1n) is 9.85. The third kappa shape index (κ3) is 6.21. The van der Waals surface area contributed by atoms with Crippen LogP contribution in [0.5, 0.6) is 11.5 Å². The van der Waals surface area contributed by atoms with E-state index in [-0.39, 0.29) is 11.6 Å². The minimum atomic E-state index is -0.441. The van der Waals surface area contributed by atoms with Gasteiger partial charge in [-0.25, -0.2) is 0 Å². The van der Waals surface area contributed by atoms with Gasteiger partial charge in [-0.2, -0.15) is 0 Å². The van der Waals surface area contributed by atoms with E-state index in [0.717, 1.165) is 11.3 Å². The first-order valence-corrected chi connectivity index (χ1v) is 9.85. The molecule has 0 aromatic heterocycles. The molecule has 0 fully saturated rings. The number of amides is 2. The maximum absolute atomic E-state index is 13.0. The molecule has 0 saturated heterocycles. The quantitative estimate of drug-likeness (QED) is 0.530. The largest absolute Gasteiger partial charge is 0.497 e. The molecule has 3 aromatic rings. The summed E-state index contributed by atoms with van der Waals surface area (Å²) in [7, 11) is 1.57. The van der Waals surface area contributed by atoms with Crippen molar-refractivity contribution in [2.75, 3.05) is 19.0 Å². The van der Waals surface area contributed by atoms with Gasteiger partial charge in [-0.1, -0.05) is 30.3 Å². The van der Waals surface area contributed by atoms with Gasteiger partial charge in [0, 0.05) is 11.3 Å². The van der Waals surface area contributed by atoms with Crippen LogP contribution in [0.2, 0.25) is 0 Å². The molecule has 31 heavy (non-hydrogen) atoms. The lowest BCUT2D eigenvalue weighted by molar-refractivity contribution is -0.113. The Hall–Kier alpha value is -4.06. The Morgan fingerprint density at radius 2 is 1.52 bits per heavy atom. The van der Waals surface area contributed by atoms with Crippen molar-refractivity contribution < 1.29 is 19.1 Å². The number of rotatable bonds is 8. The summed E-state index contributed by atoms with van der Waals surface area (Å²) in [4.78, 5) is 25.6. The van der Waals surface area contributed by atoms with E-state index in [1.165, 1.54) is 0 Å². The van der Waals surface area contributed by atoms with Crippen LogP contribution >= 0.6 is 0 Å². The van der Waals surface area contributed by atoms with Crippen molar-refractivity contribution in [3.63, 3.8) is 0 Å². The fourth-order valence-electron chi connectivity index (χ4n) is 2.81. The van der Waals surface area contributed by atoms with Gasteiger partial charge in [-0.3, -0.25) is 9.59 Å². The van der Waals surface area contributed by atoms with E-state index >= 15 is 0 Å². The monoisotopic (exact) mass is 416 g/mol. The van der Waals surface area contributed by atoms with Crippen molar-refractivity contribution in [3.05, 3.63) is 95.7 Å². The lowest BCUT2D eigenvalue weighted by Crippen LogP contribution is -2.30.